The Kier molecular flexibility index (Phi) is 5.84. The highest BCUT2D eigenvalue weighted by Crippen LogP contribution is 2.18. The van der Waals surface area contributed by atoms with Gasteiger partial charge in [0.15, 0.2) is 0 Å². The maximum atomic E-state index is 12.4. The summed E-state index contributed by atoms with van der Waals surface area (Å²) >= 11 is 1.71. The molecule has 0 aliphatic carbocycles. The molecule has 2 fully saturated rings. The lowest BCUT2D eigenvalue weighted by molar-refractivity contribution is -0.931. The van der Waals surface area contributed by atoms with Crippen molar-refractivity contribution in [2.45, 2.75) is 43.0 Å². The number of nitrogens with zero attached hydrogens (tertiary/aromatic N) is 1. The number of piperidine rings is 2. The van der Waals surface area contributed by atoms with E-state index in [-0.39, 0.29) is 6.03 Å². The average Bonchev–Trinajstić information content (AvgIpc) is 2.63. The van der Waals surface area contributed by atoms with Crippen LogP contribution in [0.5, 0.6) is 0 Å². The lowest BCUT2D eigenvalue weighted by atomic mass is 10.0. The summed E-state index contributed by atoms with van der Waals surface area (Å²) in [6, 6.07) is 8.87. The molecule has 1 aromatic rings. The van der Waals surface area contributed by atoms with Crippen molar-refractivity contribution in [3.8, 4) is 0 Å². The van der Waals surface area contributed by atoms with E-state index in [9.17, 15) is 4.79 Å². The topological polar surface area (TPSA) is 36.8 Å². The molecule has 3 rings (SSSR count). The van der Waals surface area contributed by atoms with E-state index < -0.39 is 0 Å². The number of nitrogens with one attached hydrogen (secondary N) is 2. The van der Waals surface area contributed by atoms with Gasteiger partial charge in [0.1, 0.15) is 0 Å². The number of likely N-dealkylation sites (tertiary alicyclic amines) is 2. The molecular formula is C18H28N3OS+. The molecule has 126 valence electrons. The standard InChI is InChI=1S/C18H27N3OS/c1-23-17-7-5-15(6-8-17)19-18(22)21-13-9-16(10-14-21)20-11-3-2-4-12-20/h5-8,16H,2-4,9-14H2,1H3,(H,19,22)/p+1. The Labute approximate surface area is 143 Å². The van der Waals surface area contributed by atoms with Gasteiger partial charge in [0.05, 0.1) is 19.1 Å². The SMILES string of the molecule is CSc1ccc(NC(=O)N2CCC([NH+]3CCCCC3)CC2)cc1. The van der Waals surface area contributed by atoms with Gasteiger partial charge in [-0.05, 0) is 49.8 Å². The van der Waals surface area contributed by atoms with Crippen LogP contribution in [0.15, 0.2) is 29.2 Å². The van der Waals surface area contributed by atoms with Crippen LogP contribution in [0.1, 0.15) is 32.1 Å². The van der Waals surface area contributed by atoms with Crippen LogP contribution >= 0.6 is 11.8 Å². The second-order valence-corrected chi connectivity index (χ2v) is 7.52. The second-order valence-electron chi connectivity index (χ2n) is 6.64. The van der Waals surface area contributed by atoms with Crippen LogP contribution in [0.4, 0.5) is 10.5 Å². The molecule has 2 saturated heterocycles. The van der Waals surface area contributed by atoms with E-state index in [0.717, 1.165) is 37.7 Å². The van der Waals surface area contributed by atoms with Crippen LogP contribution < -0.4 is 10.2 Å². The number of hydrogen-bond donors (Lipinski definition) is 2. The summed E-state index contributed by atoms with van der Waals surface area (Å²) in [6.07, 6.45) is 8.51. The van der Waals surface area contributed by atoms with E-state index in [1.54, 1.807) is 16.7 Å². The summed E-state index contributed by atoms with van der Waals surface area (Å²) in [5.41, 5.74) is 0.886. The molecule has 4 nitrogen and oxygen atoms in total. The van der Waals surface area contributed by atoms with Gasteiger partial charge in [-0.3, -0.25) is 0 Å². The van der Waals surface area contributed by atoms with Crippen LogP contribution in [0, 0.1) is 0 Å². The fourth-order valence-electron chi connectivity index (χ4n) is 3.78. The lowest BCUT2D eigenvalue weighted by Crippen LogP contribution is -3.16. The first-order valence-corrected chi connectivity index (χ1v) is 10.0. The van der Waals surface area contributed by atoms with Gasteiger partial charge in [0.2, 0.25) is 0 Å². The predicted octanol–water partition coefficient (Wildman–Crippen LogP) is 2.47. The van der Waals surface area contributed by atoms with Crippen molar-refractivity contribution in [2.24, 2.45) is 0 Å². The number of amides is 2. The van der Waals surface area contributed by atoms with E-state index in [1.165, 1.54) is 37.2 Å². The van der Waals surface area contributed by atoms with E-state index >= 15 is 0 Å². The Balaban J connectivity index is 1.47. The molecular weight excluding hydrogens is 306 g/mol. The molecule has 5 heteroatoms. The summed E-state index contributed by atoms with van der Waals surface area (Å²) in [4.78, 5) is 17.4. The number of carbonyl (C=O) groups is 1. The van der Waals surface area contributed by atoms with Crippen molar-refractivity contribution in [1.82, 2.24) is 4.90 Å². The zero-order valence-electron chi connectivity index (χ0n) is 14.0. The van der Waals surface area contributed by atoms with Crippen molar-refractivity contribution in [2.75, 3.05) is 37.8 Å². The summed E-state index contributed by atoms with van der Waals surface area (Å²) in [6.45, 7) is 4.45. The van der Waals surface area contributed by atoms with E-state index in [2.05, 4.69) is 11.6 Å². The van der Waals surface area contributed by atoms with E-state index in [1.807, 2.05) is 29.2 Å². The average molecular weight is 335 g/mol. The van der Waals surface area contributed by atoms with Gasteiger partial charge in [-0.2, -0.15) is 0 Å². The summed E-state index contributed by atoms with van der Waals surface area (Å²) < 4.78 is 0. The number of anilines is 1. The Morgan fingerprint density at radius 2 is 1.78 bits per heavy atom. The minimum atomic E-state index is 0.0500. The first kappa shape index (κ1) is 16.7. The van der Waals surface area contributed by atoms with Crippen LogP contribution in [-0.2, 0) is 0 Å². The van der Waals surface area contributed by atoms with Gasteiger partial charge in [-0.25, -0.2) is 4.79 Å². The summed E-state index contributed by atoms with van der Waals surface area (Å²) in [7, 11) is 0. The molecule has 2 aliphatic heterocycles. The van der Waals surface area contributed by atoms with Gasteiger partial charge in [0, 0.05) is 36.5 Å². The Hall–Kier alpha value is -1.20. The zero-order chi connectivity index (χ0) is 16.1. The largest absolute Gasteiger partial charge is 0.332 e. The molecule has 2 aliphatic rings. The van der Waals surface area contributed by atoms with Gasteiger partial charge in [0.25, 0.3) is 0 Å². The molecule has 0 saturated carbocycles. The van der Waals surface area contributed by atoms with E-state index in [4.69, 9.17) is 0 Å². The maximum absolute atomic E-state index is 12.4. The number of hydrogen-bond acceptors (Lipinski definition) is 2. The molecule has 0 radical (unpaired) electrons. The van der Waals surface area contributed by atoms with Crippen LogP contribution in [-0.4, -0.2) is 49.4 Å². The highest BCUT2D eigenvalue weighted by Gasteiger charge is 2.30. The van der Waals surface area contributed by atoms with Crippen LogP contribution in [0.3, 0.4) is 0 Å². The first-order valence-electron chi connectivity index (χ1n) is 8.81. The Morgan fingerprint density at radius 3 is 2.39 bits per heavy atom. The Bertz CT molecular complexity index is 506. The number of urea groups is 1. The summed E-state index contributed by atoms with van der Waals surface area (Å²) in [5.74, 6) is 0. The number of quaternary nitrogens is 1. The lowest BCUT2D eigenvalue weighted by Gasteiger charge is -2.37. The highest BCUT2D eigenvalue weighted by atomic mass is 32.2. The molecule has 0 unspecified atom stereocenters. The fourth-order valence-corrected chi connectivity index (χ4v) is 4.19. The van der Waals surface area contributed by atoms with Crippen molar-refractivity contribution >= 4 is 23.5 Å². The third-order valence-corrected chi connectivity index (χ3v) is 5.94. The zero-order valence-corrected chi connectivity index (χ0v) is 14.8. The minimum absolute atomic E-state index is 0.0500. The normalized spacial score (nSPS) is 20.5. The third-order valence-electron chi connectivity index (χ3n) is 5.20. The number of benzene rings is 1. The van der Waals surface area contributed by atoms with E-state index in [0.29, 0.717) is 0 Å². The van der Waals surface area contributed by atoms with Crippen LogP contribution in [0.25, 0.3) is 0 Å². The third kappa shape index (κ3) is 4.42. The number of rotatable bonds is 3. The van der Waals surface area contributed by atoms with Gasteiger partial charge in [-0.15, -0.1) is 11.8 Å². The van der Waals surface area contributed by atoms with Crippen molar-refractivity contribution in [1.29, 1.82) is 0 Å². The van der Waals surface area contributed by atoms with Gasteiger partial charge in [-0.1, -0.05) is 0 Å². The van der Waals surface area contributed by atoms with Crippen molar-refractivity contribution in [3.63, 3.8) is 0 Å². The maximum Gasteiger partial charge on any atom is 0.321 e. The molecule has 0 atom stereocenters. The quantitative estimate of drug-likeness (QED) is 0.833. The number of carbonyl (C=O) groups excluding carboxylic acids is 1. The molecule has 2 heterocycles. The Morgan fingerprint density at radius 1 is 1.13 bits per heavy atom. The fraction of sp³-hybridized carbons (Fsp3) is 0.611. The van der Waals surface area contributed by atoms with Gasteiger partial charge < -0.3 is 15.1 Å². The van der Waals surface area contributed by atoms with Crippen LogP contribution in [0.2, 0.25) is 0 Å². The molecule has 2 N–H and O–H groups in total. The van der Waals surface area contributed by atoms with Gasteiger partial charge >= 0.3 is 6.03 Å². The predicted molar refractivity (Wildman–Crippen MR) is 96.4 cm³/mol. The smallest absolute Gasteiger partial charge is 0.321 e. The second kappa shape index (κ2) is 8.06. The monoisotopic (exact) mass is 334 g/mol. The first-order chi connectivity index (χ1) is 11.3. The molecule has 0 aromatic heterocycles. The van der Waals surface area contributed by atoms with Crippen molar-refractivity contribution in [3.05, 3.63) is 24.3 Å². The molecule has 1 aromatic carbocycles. The molecule has 2 amide bonds. The summed E-state index contributed by atoms with van der Waals surface area (Å²) in [5, 5.41) is 3.03. The molecule has 0 spiro atoms. The van der Waals surface area contributed by atoms with Crippen molar-refractivity contribution < 1.29 is 9.69 Å². The minimum Gasteiger partial charge on any atom is -0.332 e. The number of thioether (sulfide) groups is 1. The highest BCUT2D eigenvalue weighted by molar-refractivity contribution is 7.98. The molecule has 23 heavy (non-hydrogen) atoms. The molecule has 0 bridgehead atoms.